The molecule has 3 heterocycles. The zero-order valence-electron chi connectivity index (χ0n) is 12.8. The Balaban J connectivity index is 1.58. The summed E-state index contributed by atoms with van der Waals surface area (Å²) < 4.78 is 10.2. The predicted molar refractivity (Wildman–Crippen MR) is 91.1 cm³/mol. The minimum Gasteiger partial charge on any atom is -0.472 e. The van der Waals surface area contributed by atoms with Gasteiger partial charge in [0.1, 0.15) is 0 Å². The molecule has 1 aliphatic heterocycles. The minimum atomic E-state index is -0.105. The van der Waals surface area contributed by atoms with E-state index >= 15 is 0 Å². The first kappa shape index (κ1) is 16.0. The minimum absolute atomic E-state index is 0.105. The number of nitrogens with one attached hydrogen (secondary N) is 1. The summed E-state index contributed by atoms with van der Waals surface area (Å²) in [7, 11) is 0. The molecular weight excluding hydrogens is 312 g/mol. The van der Waals surface area contributed by atoms with Gasteiger partial charge in [-0.2, -0.15) is 11.8 Å². The normalized spacial score (nSPS) is 17.4. The van der Waals surface area contributed by atoms with Gasteiger partial charge in [-0.1, -0.05) is 0 Å². The summed E-state index contributed by atoms with van der Waals surface area (Å²) in [6.07, 6.45) is 9.90. The van der Waals surface area contributed by atoms with Crippen molar-refractivity contribution in [2.24, 2.45) is 0 Å². The molecule has 0 radical (unpaired) electrons. The second-order valence-corrected chi connectivity index (χ2v) is 6.58. The van der Waals surface area contributed by atoms with Gasteiger partial charge < -0.3 is 14.2 Å². The number of nitrogens with zero attached hydrogens (tertiary/aromatic N) is 1. The molecule has 122 valence electrons. The summed E-state index contributed by atoms with van der Waals surface area (Å²) in [5, 5.41) is 2.98. The standard InChI is InChI=1S/C17H20N2O3S/c20-17(2-1-14-3-7-21-12-14)18-11-16(15-4-8-22-13-15)19-5-9-23-10-6-19/h1-4,7-8,12-13,16H,5-6,9-11H2,(H,18,20)/b2-1+/t16-/m1/s1. The fraction of sp³-hybridized carbons (Fsp3) is 0.353. The quantitative estimate of drug-likeness (QED) is 0.824. The molecule has 1 amide bonds. The highest BCUT2D eigenvalue weighted by atomic mass is 32.2. The Morgan fingerprint density at radius 3 is 2.74 bits per heavy atom. The monoisotopic (exact) mass is 332 g/mol. The number of thioether (sulfide) groups is 1. The summed E-state index contributed by atoms with van der Waals surface area (Å²) in [6.45, 7) is 2.63. The van der Waals surface area contributed by atoms with E-state index in [0.717, 1.165) is 35.7 Å². The van der Waals surface area contributed by atoms with E-state index in [9.17, 15) is 4.79 Å². The van der Waals surface area contributed by atoms with E-state index in [1.165, 1.54) is 6.08 Å². The summed E-state index contributed by atoms with van der Waals surface area (Å²) in [5.41, 5.74) is 1.98. The summed E-state index contributed by atoms with van der Waals surface area (Å²) in [6, 6.07) is 3.93. The number of carbonyl (C=O) groups is 1. The summed E-state index contributed by atoms with van der Waals surface area (Å²) >= 11 is 1.97. The van der Waals surface area contributed by atoms with Gasteiger partial charge in [0.25, 0.3) is 0 Å². The van der Waals surface area contributed by atoms with Gasteiger partial charge in [0.15, 0.2) is 0 Å². The van der Waals surface area contributed by atoms with Crippen LogP contribution in [0, 0.1) is 0 Å². The van der Waals surface area contributed by atoms with Crippen LogP contribution < -0.4 is 5.32 Å². The van der Waals surface area contributed by atoms with E-state index in [0.29, 0.717) is 6.54 Å². The molecule has 3 rings (SSSR count). The Morgan fingerprint density at radius 1 is 1.26 bits per heavy atom. The lowest BCUT2D eigenvalue weighted by atomic mass is 10.1. The van der Waals surface area contributed by atoms with Gasteiger partial charge in [0.05, 0.1) is 31.1 Å². The molecule has 0 bridgehead atoms. The molecule has 23 heavy (non-hydrogen) atoms. The average Bonchev–Trinajstić information content (AvgIpc) is 3.28. The first-order chi connectivity index (χ1) is 11.3. The van der Waals surface area contributed by atoms with Crippen molar-refractivity contribution in [2.45, 2.75) is 6.04 Å². The SMILES string of the molecule is O=C(/C=C/c1ccoc1)NC[C@H](c1ccoc1)N1CCSCC1. The molecule has 0 spiro atoms. The molecule has 0 aromatic carbocycles. The Hall–Kier alpha value is -1.92. The first-order valence-corrected chi connectivity index (χ1v) is 8.80. The average molecular weight is 332 g/mol. The third-order valence-corrected chi connectivity index (χ3v) is 4.80. The molecule has 0 aliphatic carbocycles. The molecule has 1 saturated heterocycles. The van der Waals surface area contributed by atoms with Crippen molar-refractivity contribution >= 4 is 23.7 Å². The van der Waals surface area contributed by atoms with E-state index in [1.54, 1.807) is 31.1 Å². The molecule has 1 aliphatic rings. The van der Waals surface area contributed by atoms with E-state index in [-0.39, 0.29) is 11.9 Å². The fourth-order valence-electron chi connectivity index (χ4n) is 2.61. The van der Waals surface area contributed by atoms with E-state index < -0.39 is 0 Å². The summed E-state index contributed by atoms with van der Waals surface area (Å²) in [4.78, 5) is 14.4. The van der Waals surface area contributed by atoms with Gasteiger partial charge >= 0.3 is 0 Å². The van der Waals surface area contributed by atoms with Crippen LogP contribution in [0.4, 0.5) is 0 Å². The van der Waals surface area contributed by atoms with Gasteiger partial charge in [-0.15, -0.1) is 0 Å². The summed E-state index contributed by atoms with van der Waals surface area (Å²) in [5.74, 6) is 2.15. The van der Waals surface area contributed by atoms with E-state index in [2.05, 4.69) is 10.2 Å². The van der Waals surface area contributed by atoms with Crippen LogP contribution in [0.15, 0.2) is 52.1 Å². The van der Waals surface area contributed by atoms with Crippen LogP contribution in [0.5, 0.6) is 0 Å². The van der Waals surface area contributed by atoms with Crippen LogP contribution in [-0.2, 0) is 4.79 Å². The van der Waals surface area contributed by atoms with Crippen LogP contribution >= 0.6 is 11.8 Å². The lowest BCUT2D eigenvalue weighted by Gasteiger charge is -2.33. The molecule has 0 unspecified atom stereocenters. The maximum Gasteiger partial charge on any atom is 0.244 e. The molecule has 5 nitrogen and oxygen atoms in total. The highest BCUT2D eigenvalue weighted by molar-refractivity contribution is 7.99. The van der Waals surface area contributed by atoms with Crippen LogP contribution in [0.25, 0.3) is 6.08 Å². The zero-order chi connectivity index (χ0) is 15.9. The largest absolute Gasteiger partial charge is 0.472 e. The predicted octanol–water partition coefficient (Wildman–Crippen LogP) is 2.79. The molecule has 1 atom stereocenters. The Bertz CT molecular complexity index is 616. The van der Waals surface area contributed by atoms with Crippen molar-refractivity contribution in [3.8, 4) is 0 Å². The first-order valence-electron chi connectivity index (χ1n) is 7.65. The lowest BCUT2D eigenvalue weighted by Crippen LogP contribution is -2.41. The number of furan rings is 2. The van der Waals surface area contributed by atoms with Gasteiger partial charge in [-0.3, -0.25) is 9.69 Å². The highest BCUT2D eigenvalue weighted by Gasteiger charge is 2.23. The molecule has 1 N–H and O–H groups in total. The molecule has 2 aromatic heterocycles. The molecule has 0 saturated carbocycles. The number of hydrogen-bond acceptors (Lipinski definition) is 5. The molecule has 1 fully saturated rings. The molecule has 6 heteroatoms. The fourth-order valence-corrected chi connectivity index (χ4v) is 3.54. The van der Waals surface area contributed by atoms with Crippen molar-refractivity contribution in [2.75, 3.05) is 31.1 Å². The van der Waals surface area contributed by atoms with Gasteiger partial charge in [0, 0.05) is 48.3 Å². The molecular formula is C17H20N2O3S. The van der Waals surface area contributed by atoms with Crippen molar-refractivity contribution in [3.63, 3.8) is 0 Å². The number of hydrogen-bond donors (Lipinski definition) is 1. The van der Waals surface area contributed by atoms with Crippen LogP contribution in [0.3, 0.4) is 0 Å². The zero-order valence-corrected chi connectivity index (χ0v) is 13.6. The Kier molecular flexibility index (Phi) is 5.60. The second kappa shape index (κ2) is 8.08. The Morgan fingerprint density at radius 2 is 2.04 bits per heavy atom. The lowest BCUT2D eigenvalue weighted by molar-refractivity contribution is -0.116. The van der Waals surface area contributed by atoms with Gasteiger partial charge in [-0.05, 0) is 18.2 Å². The van der Waals surface area contributed by atoms with Crippen LogP contribution in [0.1, 0.15) is 17.2 Å². The van der Waals surface area contributed by atoms with E-state index in [1.807, 2.05) is 23.9 Å². The Labute approximate surface area is 139 Å². The van der Waals surface area contributed by atoms with Crippen LogP contribution in [-0.4, -0.2) is 41.9 Å². The second-order valence-electron chi connectivity index (χ2n) is 5.36. The van der Waals surface area contributed by atoms with Crippen molar-refractivity contribution in [3.05, 3.63) is 54.4 Å². The smallest absolute Gasteiger partial charge is 0.244 e. The number of amides is 1. The topological polar surface area (TPSA) is 58.6 Å². The third kappa shape index (κ3) is 4.53. The molecule has 2 aromatic rings. The van der Waals surface area contributed by atoms with E-state index in [4.69, 9.17) is 8.83 Å². The van der Waals surface area contributed by atoms with Gasteiger partial charge in [0.2, 0.25) is 5.91 Å². The van der Waals surface area contributed by atoms with Crippen molar-refractivity contribution < 1.29 is 13.6 Å². The van der Waals surface area contributed by atoms with Crippen LogP contribution in [0.2, 0.25) is 0 Å². The van der Waals surface area contributed by atoms with Crippen molar-refractivity contribution in [1.82, 2.24) is 10.2 Å². The number of rotatable bonds is 6. The highest BCUT2D eigenvalue weighted by Crippen LogP contribution is 2.24. The maximum absolute atomic E-state index is 12.0. The number of carbonyl (C=O) groups excluding carboxylic acids is 1. The maximum atomic E-state index is 12.0. The third-order valence-electron chi connectivity index (χ3n) is 3.85. The van der Waals surface area contributed by atoms with Crippen molar-refractivity contribution in [1.29, 1.82) is 0 Å². The van der Waals surface area contributed by atoms with Gasteiger partial charge in [-0.25, -0.2) is 0 Å².